The number of carbonyl (C=O) groups excluding carboxylic acids is 1. The standard InChI is InChI=1S/C18H34N2O3/c1-13(2)15-11-14(7-10-22-15)19-12-18(8-6-9-18)20-16(21)23-17(3,4)5/h13-15,19H,6-12H2,1-5H3,(H,20,21). The highest BCUT2D eigenvalue weighted by molar-refractivity contribution is 5.69. The van der Waals surface area contributed by atoms with Gasteiger partial charge in [0.15, 0.2) is 0 Å². The molecule has 5 heteroatoms. The predicted molar refractivity (Wildman–Crippen MR) is 91.6 cm³/mol. The molecule has 1 amide bonds. The molecule has 1 heterocycles. The Morgan fingerprint density at radius 2 is 2.04 bits per heavy atom. The monoisotopic (exact) mass is 326 g/mol. The SMILES string of the molecule is CC(C)C1CC(NCC2(NC(=O)OC(C)(C)C)CCC2)CCO1. The van der Waals surface area contributed by atoms with E-state index in [0.29, 0.717) is 18.1 Å². The van der Waals surface area contributed by atoms with E-state index in [9.17, 15) is 4.79 Å². The molecule has 1 saturated heterocycles. The van der Waals surface area contributed by atoms with Gasteiger partial charge in [-0.05, 0) is 58.8 Å². The summed E-state index contributed by atoms with van der Waals surface area (Å²) in [5.74, 6) is 0.553. The fourth-order valence-electron chi connectivity index (χ4n) is 3.29. The summed E-state index contributed by atoms with van der Waals surface area (Å²) >= 11 is 0. The largest absolute Gasteiger partial charge is 0.444 e. The molecule has 1 saturated carbocycles. The minimum Gasteiger partial charge on any atom is -0.444 e. The third-order valence-electron chi connectivity index (χ3n) is 4.86. The zero-order valence-corrected chi connectivity index (χ0v) is 15.4. The average Bonchev–Trinajstić information content (AvgIpc) is 2.40. The van der Waals surface area contributed by atoms with Crippen molar-refractivity contribution in [2.24, 2.45) is 5.92 Å². The normalized spacial score (nSPS) is 27.4. The van der Waals surface area contributed by atoms with Crippen LogP contribution in [0.5, 0.6) is 0 Å². The molecule has 2 fully saturated rings. The van der Waals surface area contributed by atoms with Gasteiger partial charge in [0.1, 0.15) is 5.60 Å². The topological polar surface area (TPSA) is 59.6 Å². The van der Waals surface area contributed by atoms with E-state index in [1.165, 1.54) is 6.42 Å². The summed E-state index contributed by atoms with van der Waals surface area (Å²) in [5, 5.41) is 6.77. The van der Waals surface area contributed by atoms with Gasteiger partial charge in [-0.3, -0.25) is 0 Å². The third kappa shape index (κ3) is 5.64. The summed E-state index contributed by atoms with van der Waals surface area (Å²) in [6.07, 6.45) is 5.36. The number of hydrogen-bond acceptors (Lipinski definition) is 4. The minimum atomic E-state index is -0.451. The molecule has 2 N–H and O–H groups in total. The van der Waals surface area contributed by atoms with Gasteiger partial charge in [-0.15, -0.1) is 0 Å². The second-order valence-corrected chi connectivity index (χ2v) is 8.52. The van der Waals surface area contributed by atoms with Crippen molar-refractivity contribution in [1.29, 1.82) is 0 Å². The Kier molecular flexibility index (Phi) is 5.95. The number of rotatable bonds is 5. The fraction of sp³-hybridized carbons (Fsp3) is 0.944. The van der Waals surface area contributed by atoms with Gasteiger partial charge in [-0.25, -0.2) is 4.79 Å². The molecule has 0 aromatic heterocycles. The molecular formula is C18H34N2O3. The van der Waals surface area contributed by atoms with E-state index in [4.69, 9.17) is 9.47 Å². The number of hydrogen-bond donors (Lipinski definition) is 2. The molecule has 0 radical (unpaired) electrons. The van der Waals surface area contributed by atoms with Crippen LogP contribution in [0.3, 0.4) is 0 Å². The number of nitrogens with one attached hydrogen (secondary N) is 2. The van der Waals surface area contributed by atoms with E-state index in [2.05, 4.69) is 24.5 Å². The predicted octanol–water partition coefficient (Wildman–Crippen LogP) is 3.23. The van der Waals surface area contributed by atoms with Crippen LogP contribution in [0.2, 0.25) is 0 Å². The van der Waals surface area contributed by atoms with Gasteiger partial charge >= 0.3 is 6.09 Å². The summed E-state index contributed by atoms with van der Waals surface area (Å²) in [4.78, 5) is 12.1. The summed E-state index contributed by atoms with van der Waals surface area (Å²) in [7, 11) is 0. The van der Waals surface area contributed by atoms with E-state index in [1.807, 2.05) is 20.8 Å². The summed E-state index contributed by atoms with van der Waals surface area (Å²) < 4.78 is 11.2. The molecular weight excluding hydrogens is 292 g/mol. The van der Waals surface area contributed by atoms with Crippen LogP contribution in [0.15, 0.2) is 0 Å². The Morgan fingerprint density at radius 1 is 1.35 bits per heavy atom. The quantitative estimate of drug-likeness (QED) is 0.814. The van der Waals surface area contributed by atoms with E-state index in [1.54, 1.807) is 0 Å². The van der Waals surface area contributed by atoms with Gasteiger partial charge < -0.3 is 20.1 Å². The van der Waals surface area contributed by atoms with E-state index in [0.717, 1.165) is 38.8 Å². The van der Waals surface area contributed by atoms with Crippen molar-refractivity contribution in [3.8, 4) is 0 Å². The summed E-state index contributed by atoms with van der Waals surface area (Å²) in [6, 6.07) is 0.481. The number of amides is 1. The fourth-order valence-corrected chi connectivity index (χ4v) is 3.29. The number of alkyl carbamates (subject to hydrolysis) is 1. The Balaban J connectivity index is 1.81. The Labute approximate surface area is 140 Å². The van der Waals surface area contributed by atoms with Crippen LogP contribution in [-0.2, 0) is 9.47 Å². The first kappa shape index (κ1) is 18.5. The highest BCUT2D eigenvalue weighted by atomic mass is 16.6. The average molecular weight is 326 g/mol. The van der Waals surface area contributed by atoms with Crippen LogP contribution >= 0.6 is 0 Å². The molecule has 0 aromatic rings. The van der Waals surface area contributed by atoms with Gasteiger partial charge in [0.05, 0.1) is 11.6 Å². The first-order valence-electron chi connectivity index (χ1n) is 9.05. The molecule has 2 unspecified atom stereocenters. The lowest BCUT2D eigenvalue weighted by Crippen LogP contribution is -2.61. The van der Waals surface area contributed by atoms with Crippen molar-refractivity contribution in [1.82, 2.24) is 10.6 Å². The molecule has 2 atom stereocenters. The minimum absolute atomic E-state index is 0.131. The first-order valence-corrected chi connectivity index (χ1v) is 9.05. The lowest BCUT2D eigenvalue weighted by Gasteiger charge is -2.44. The van der Waals surface area contributed by atoms with Gasteiger partial charge in [0.2, 0.25) is 0 Å². The van der Waals surface area contributed by atoms with Crippen LogP contribution in [0.25, 0.3) is 0 Å². The molecule has 2 rings (SSSR count). The Morgan fingerprint density at radius 3 is 2.57 bits per heavy atom. The zero-order chi connectivity index (χ0) is 17.1. The van der Waals surface area contributed by atoms with Crippen molar-refractivity contribution in [2.75, 3.05) is 13.2 Å². The van der Waals surface area contributed by atoms with E-state index in [-0.39, 0.29) is 11.6 Å². The van der Waals surface area contributed by atoms with Crippen molar-refractivity contribution in [3.05, 3.63) is 0 Å². The summed E-state index contributed by atoms with van der Waals surface area (Å²) in [5.41, 5.74) is -0.582. The Bertz CT molecular complexity index is 400. The van der Waals surface area contributed by atoms with Crippen LogP contribution in [0.1, 0.15) is 66.7 Å². The molecule has 5 nitrogen and oxygen atoms in total. The highest BCUT2D eigenvalue weighted by Gasteiger charge is 2.40. The van der Waals surface area contributed by atoms with Crippen molar-refractivity contribution >= 4 is 6.09 Å². The lowest BCUT2D eigenvalue weighted by atomic mass is 9.76. The maximum Gasteiger partial charge on any atom is 0.408 e. The second kappa shape index (κ2) is 7.39. The highest BCUT2D eigenvalue weighted by Crippen LogP contribution is 2.32. The van der Waals surface area contributed by atoms with Gasteiger partial charge in [0, 0.05) is 19.2 Å². The van der Waals surface area contributed by atoms with Gasteiger partial charge in [-0.2, -0.15) is 0 Å². The van der Waals surface area contributed by atoms with Crippen LogP contribution in [-0.4, -0.2) is 42.5 Å². The van der Waals surface area contributed by atoms with Gasteiger partial charge in [-0.1, -0.05) is 13.8 Å². The maximum absolute atomic E-state index is 12.1. The van der Waals surface area contributed by atoms with Crippen LogP contribution in [0, 0.1) is 5.92 Å². The molecule has 0 aromatic carbocycles. The molecule has 0 spiro atoms. The van der Waals surface area contributed by atoms with Crippen LogP contribution in [0.4, 0.5) is 4.79 Å². The molecule has 134 valence electrons. The van der Waals surface area contributed by atoms with Crippen molar-refractivity contribution in [3.63, 3.8) is 0 Å². The molecule has 2 aliphatic rings. The number of ether oxygens (including phenoxy) is 2. The lowest BCUT2D eigenvalue weighted by molar-refractivity contribution is -0.0263. The third-order valence-corrected chi connectivity index (χ3v) is 4.86. The first-order chi connectivity index (χ1) is 10.7. The maximum atomic E-state index is 12.1. The molecule has 0 bridgehead atoms. The van der Waals surface area contributed by atoms with Crippen molar-refractivity contribution in [2.45, 2.75) is 90.0 Å². The van der Waals surface area contributed by atoms with Crippen molar-refractivity contribution < 1.29 is 14.3 Å². The summed E-state index contributed by atoms with van der Waals surface area (Å²) in [6.45, 7) is 11.8. The molecule has 1 aliphatic heterocycles. The molecule has 23 heavy (non-hydrogen) atoms. The van der Waals surface area contributed by atoms with E-state index >= 15 is 0 Å². The second-order valence-electron chi connectivity index (χ2n) is 8.52. The molecule has 1 aliphatic carbocycles. The van der Waals surface area contributed by atoms with Crippen LogP contribution < -0.4 is 10.6 Å². The number of carbonyl (C=O) groups is 1. The smallest absolute Gasteiger partial charge is 0.408 e. The van der Waals surface area contributed by atoms with Gasteiger partial charge in [0.25, 0.3) is 0 Å². The zero-order valence-electron chi connectivity index (χ0n) is 15.4. The Hall–Kier alpha value is -0.810. The van der Waals surface area contributed by atoms with E-state index < -0.39 is 5.60 Å².